The minimum Gasteiger partial charge on any atom is -0.357 e. The lowest BCUT2D eigenvalue weighted by Crippen LogP contribution is -2.41. The van der Waals surface area contributed by atoms with Gasteiger partial charge in [-0.1, -0.05) is 33.1 Å². The summed E-state index contributed by atoms with van der Waals surface area (Å²) in [6.45, 7) is 8.17. The van der Waals surface area contributed by atoms with Gasteiger partial charge in [0.25, 0.3) is 0 Å². The Morgan fingerprint density at radius 2 is 1.90 bits per heavy atom. The van der Waals surface area contributed by atoms with E-state index in [2.05, 4.69) is 34.8 Å². The quantitative estimate of drug-likeness (QED) is 0.512. The Morgan fingerprint density at radius 1 is 1.20 bits per heavy atom. The van der Waals surface area contributed by atoms with Crippen molar-refractivity contribution in [1.82, 2.24) is 16.0 Å². The molecule has 0 atom stereocenters. The van der Waals surface area contributed by atoms with Crippen LogP contribution in [-0.4, -0.2) is 37.5 Å². The topological polar surface area (TPSA) is 65.5 Å². The number of carbonyl (C=O) groups excluding carboxylic acids is 1. The van der Waals surface area contributed by atoms with Gasteiger partial charge in [0.2, 0.25) is 5.91 Å². The van der Waals surface area contributed by atoms with E-state index in [-0.39, 0.29) is 12.5 Å². The van der Waals surface area contributed by atoms with Gasteiger partial charge in [0.05, 0.1) is 0 Å². The summed E-state index contributed by atoms with van der Waals surface area (Å²) >= 11 is 0. The summed E-state index contributed by atoms with van der Waals surface area (Å²) in [6, 6.07) is 0.359. The molecule has 0 unspecified atom stereocenters. The number of hydrogen-bond donors (Lipinski definition) is 3. The Kier molecular flexibility index (Phi) is 8.07. The molecule has 1 aliphatic rings. The maximum absolute atomic E-state index is 11.9. The van der Waals surface area contributed by atoms with E-state index in [1.54, 1.807) is 0 Å². The van der Waals surface area contributed by atoms with Crippen LogP contribution in [-0.2, 0) is 4.79 Å². The molecule has 116 valence electrons. The Hall–Kier alpha value is -1.26. The maximum atomic E-state index is 11.9. The van der Waals surface area contributed by atoms with Crippen LogP contribution in [0.5, 0.6) is 0 Å². The van der Waals surface area contributed by atoms with E-state index in [0.717, 1.165) is 31.9 Å². The molecule has 0 spiro atoms. The van der Waals surface area contributed by atoms with Crippen LogP contribution in [0.1, 0.15) is 52.9 Å². The van der Waals surface area contributed by atoms with Gasteiger partial charge in [-0.2, -0.15) is 0 Å². The fraction of sp³-hybridized carbons (Fsp3) is 0.867. The van der Waals surface area contributed by atoms with Gasteiger partial charge in [-0.05, 0) is 25.7 Å². The molecule has 1 fully saturated rings. The van der Waals surface area contributed by atoms with Crippen molar-refractivity contribution >= 4 is 11.9 Å². The van der Waals surface area contributed by atoms with Crippen molar-refractivity contribution in [3.8, 4) is 0 Å². The lowest BCUT2D eigenvalue weighted by atomic mass is 9.95. The molecule has 5 nitrogen and oxygen atoms in total. The molecule has 0 saturated heterocycles. The van der Waals surface area contributed by atoms with Crippen molar-refractivity contribution in [3.63, 3.8) is 0 Å². The van der Waals surface area contributed by atoms with E-state index in [9.17, 15) is 4.79 Å². The van der Waals surface area contributed by atoms with Crippen LogP contribution in [0.15, 0.2) is 4.99 Å². The van der Waals surface area contributed by atoms with E-state index in [0.29, 0.717) is 12.0 Å². The van der Waals surface area contributed by atoms with Gasteiger partial charge in [0.15, 0.2) is 5.96 Å². The molecule has 1 rings (SSSR count). The van der Waals surface area contributed by atoms with Crippen LogP contribution in [0.2, 0.25) is 0 Å². The van der Waals surface area contributed by atoms with Crippen LogP contribution in [0.3, 0.4) is 0 Å². The Morgan fingerprint density at radius 3 is 2.50 bits per heavy atom. The fourth-order valence-corrected chi connectivity index (χ4v) is 2.31. The summed E-state index contributed by atoms with van der Waals surface area (Å²) in [7, 11) is 0. The van der Waals surface area contributed by atoms with Gasteiger partial charge in [-0.25, -0.2) is 4.99 Å². The Balaban J connectivity index is 2.34. The first-order valence-corrected chi connectivity index (χ1v) is 7.93. The van der Waals surface area contributed by atoms with Crippen LogP contribution in [0, 0.1) is 5.92 Å². The number of nitrogens with zero attached hydrogens (tertiary/aromatic N) is 1. The summed E-state index contributed by atoms with van der Waals surface area (Å²) in [5.74, 6) is 1.30. The van der Waals surface area contributed by atoms with E-state index < -0.39 is 0 Å². The third-order valence-corrected chi connectivity index (χ3v) is 3.37. The monoisotopic (exact) mass is 282 g/mol. The molecule has 0 aliphatic heterocycles. The van der Waals surface area contributed by atoms with Crippen LogP contribution >= 0.6 is 0 Å². The van der Waals surface area contributed by atoms with Gasteiger partial charge in [-0.15, -0.1) is 0 Å². The summed E-state index contributed by atoms with van der Waals surface area (Å²) in [5.41, 5.74) is 0. The molecular weight excluding hydrogens is 252 g/mol. The van der Waals surface area contributed by atoms with Gasteiger partial charge >= 0.3 is 0 Å². The second-order valence-corrected chi connectivity index (χ2v) is 5.87. The third-order valence-electron chi connectivity index (χ3n) is 3.37. The Labute approximate surface area is 123 Å². The number of guanidine groups is 1. The van der Waals surface area contributed by atoms with Gasteiger partial charge < -0.3 is 16.0 Å². The Bertz CT molecular complexity index is 309. The zero-order valence-electron chi connectivity index (χ0n) is 13.2. The number of aliphatic imine (C=N–C) groups is 1. The fourth-order valence-electron chi connectivity index (χ4n) is 2.31. The zero-order valence-corrected chi connectivity index (χ0v) is 13.2. The summed E-state index contributed by atoms with van der Waals surface area (Å²) in [6.07, 6.45) is 5.98. The molecule has 0 aromatic rings. The highest BCUT2D eigenvalue weighted by molar-refractivity contribution is 5.85. The smallest absolute Gasteiger partial charge is 0.242 e. The minimum absolute atomic E-state index is 0.0265. The average molecular weight is 282 g/mol. The predicted octanol–water partition coefficient (Wildman–Crippen LogP) is 1.65. The predicted molar refractivity (Wildman–Crippen MR) is 83.8 cm³/mol. The van der Waals surface area contributed by atoms with Crippen molar-refractivity contribution in [2.45, 2.75) is 58.9 Å². The number of hydrogen-bond acceptors (Lipinski definition) is 2. The van der Waals surface area contributed by atoms with Crippen molar-refractivity contribution in [2.24, 2.45) is 10.9 Å². The van der Waals surface area contributed by atoms with E-state index in [4.69, 9.17) is 0 Å². The molecule has 0 radical (unpaired) electrons. The normalized spacial score (nSPS) is 17.1. The number of carbonyl (C=O) groups is 1. The zero-order chi connectivity index (χ0) is 14.8. The second-order valence-electron chi connectivity index (χ2n) is 5.87. The SMILES string of the molecule is CCNC(=NCC(=O)NC1CCCCC1)NCC(C)C. The molecule has 0 bridgehead atoms. The van der Waals surface area contributed by atoms with Gasteiger partial charge in [-0.3, -0.25) is 4.79 Å². The summed E-state index contributed by atoms with van der Waals surface area (Å²) < 4.78 is 0. The van der Waals surface area contributed by atoms with E-state index >= 15 is 0 Å². The molecule has 5 heteroatoms. The van der Waals surface area contributed by atoms with Crippen molar-refractivity contribution in [2.75, 3.05) is 19.6 Å². The third kappa shape index (κ3) is 7.36. The molecule has 0 aromatic heterocycles. The maximum Gasteiger partial charge on any atom is 0.242 e. The van der Waals surface area contributed by atoms with Crippen LogP contribution in [0.25, 0.3) is 0 Å². The second kappa shape index (κ2) is 9.61. The van der Waals surface area contributed by atoms with Crippen LogP contribution in [0.4, 0.5) is 0 Å². The highest BCUT2D eigenvalue weighted by Gasteiger charge is 2.15. The lowest BCUT2D eigenvalue weighted by Gasteiger charge is -2.22. The van der Waals surface area contributed by atoms with E-state index in [1.807, 2.05) is 6.92 Å². The first-order chi connectivity index (χ1) is 9.61. The summed E-state index contributed by atoms with van der Waals surface area (Å²) in [4.78, 5) is 16.2. The van der Waals surface area contributed by atoms with Crippen molar-refractivity contribution in [1.29, 1.82) is 0 Å². The lowest BCUT2D eigenvalue weighted by molar-refractivity contribution is -0.120. The highest BCUT2D eigenvalue weighted by Crippen LogP contribution is 2.17. The molecule has 0 aromatic carbocycles. The highest BCUT2D eigenvalue weighted by atomic mass is 16.1. The molecule has 20 heavy (non-hydrogen) atoms. The molecule has 3 N–H and O–H groups in total. The first kappa shape index (κ1) is 16.8. The standard InChI is InChI=1S/C15H30N4O/c1-4-16-15(17-10-12(2)3)18-11-14(20)19-13-8-6-5-7-9-13/h12-13H,4-11H2,1-3H3,(H,19,20)(H2,16,17,18). The largest absolute Gasteiger partial charge is 0.357 e. The molecule has 1 saturated carbocycles. The van der Waals surface area contributed by atoms with Crippen molar-refractivity contribution < 1.29 is 4.79 Å². The first-order valence-electron chi connectivity index (χ1n) is 7.93. The van der Waals surface area contributed by atoms with E-state index in [1.165, 1.54) is 19.3 Å². The average Bonchev–Trinajstić information content (AvgIpc) is 2.43. The van der Waals surface area contributed by atoms with Crippen LogP contribution < -0.4 is 16.0 Å². The molecule has 0 heterocycles. The van der Waals surface area contributed by atoms with Gasteiger partial charge in [0, 0.05) is 19.1 Å². The van der Waals surface area contributed by atoms with Gasteiger partial charge in [0.1, 0.15) is 6.54 Å². The number of nitrogens with one attached hydrogen (secondary N) is 3. The number of rotatable bonds is 6. The number of amides is 1. The summed E-state index contributed by atoms with van der Waals surface area (Å²) in [5, 5.41) is 9.47. The van der Waals surface area contributed by atoms with Crippen molar-refractivity contribution in [3.05, 3.63) is 0 Å². The molecule has 1 aliphatic carbocycles. The molecular formula is C15H30N4O. The molecule has 1 amide bonds. The minimum atomic E-state index is 0.0265.